The molecule has 1 saturated heterocycles. The average molecular weight is 430 g/mol. The van der Waals surface area contributed by atoms with Gasteiger partial charge in [-0.05, 0) is 30.0 Å². The fourth-order valence-electron chi connectivity index (χ4n) is 3.98. The second-order valence-corrected chi connectivity index (χ2v) is 8.66. The summed E-state index contributed by atoms with van der Waals surface area (Å²) in [6.45, 7) is 1.26. The van der Waals surface area contributed by atoms with E-state index in [0.29, 0.717) is 17.1 Å². The van der Waals surface area contributed by atoms with Crippen molar-refractivity contribution < 1.29 is 9.53 Å². The highest BCUT2D eigenvalue weighted by molar-refractivity contribution is 7.21. The van der Waals surface area contributed by atoms with Crippen LogP contribution < -0.4 is 11.1 Å². The Kier molecular flexibility index (Phi) is 5.40. The van der Waals surface area contributed by atoms with Crippen molar-refractivity contribution in [2.24, 2.45) is 0 Å². The van der Waals surface area contributed by atoms with Crippen LogP contribution in [-0.4, -0.2) is 30.1 Å². The fourth-order valence-corrected chi connectivity index (χ4v) is 5.02. The molecule has 0 aliphatic carbocycles. The monoisotopic (exact) mass is 429 g/mol. The molecule has 0 bridgehead atoms. The van der Waals surface area contributed by atoms with E-state index < -0.39 is 0 Å². The zero-order valence-corrected chi connectivity index (χ0v) is 17.8. The van der Waals surface area contributed by atoms with Crippen LogP contribution in [0.3, 0.4) is 0 Å². The summed E-state index contributed by atoms with van der Waals surface area (Å²) in [4.78, 5) is 19.1. The summed E-state index contributed by atoms with van der Waals surface area (Å²) in [5, 5.41) is 3.82. The van der Waals surface area contributed by atoms with Gasteiger partial charge in [-0.25, -0.2) is 4.98 Å². The van der Waals surface area contributed by atoms with E-state index in [9.17, 15) is 4.79 Å². The third kappa shape index (κ3) is 3.92. The first-order valence-corrected chi connectivity index (χ1v) is 11.3. The number of aromatic nitrogens is 1. The van der Waals surface area contributed by atoms with Gasteiger partial charge in [-0.1, -0.05) is 60.7 Å². The number of nitrogen functional groups attached to an aromatic ring is 1. The van der Waals surface area contributed by atoms with Crippen LogP contribution in [0.1, 0.15) is 22.5 Å². The van der Waals surface area contributed by atoms with Gasteiger partial charge in [0.25, 0.3) is 5.91 Å². The van der Waals surface area contributed by atoms with Crippen molar-refractivity contribution >= 4 is 33.1 Å². The molecule has 1 atom stereocenters. The summed E-state index contributed by atoms with van der Waals surface area (Å²) < 4.78 is 5.62. The number of hydrogen-bond acceptors (Lipinski definition) is 5. The number of fused-ring (bicyclic) bond motifs is 1. The van der Waals surface area contributed by atoms with Gasteiger partial charge >= 0.3 is 0 Å². The van der Waals surface area contributed by atoms with E-state index in [1.807, 2.05) is 48.5 Å². The first-order chi connectivity index (χ1) is 15.2. The molecular weight excluding hydrogens is 406 g/mol. The SMILES string of the molecule is Nc1c(C(=O)NCC2CCCO2)sc2nc(-c3ccccc3)cc(-c3ccccc3)c12. The van der Waals surface area contributed by atoms with Gasteiger partial charge in [-0.15, -0.1) is 11.3 Å². The van der Waals surface area contributed by atoms with Gasteiger partial charge in [-0.2, -0.15) is 0 Å². The molecule has 3 N–H and O–H groups in total. The number of nitrogens with zero attached hydrogens (tertiary/aromatic N) is 1. The lowest BCUT2D eigenvalue weighted by atomic mass is 9.99. The summed E-state index contributed by atoms with van der Waals surface area (Å²) in [5.41, 5.74) is 10.9. The van der Waals surface area contributed by atoms with Crippen molar-refractivity contribution in [3.63, 3.8) is 0 Å². The molecule has 4 aromatic rings. The van der Waals surface area contributed by atoms with Gasteiger partial charge < -0.3 is 15.8 Å². The van der Waals surface area contributed by atoms with Gasteiger partial charge in [0.05, 0.1) is 17.5 Å². The molecule has 5 rings (SSSR count). The Morgan fingerprint density at radius 1 is 1.10 bits per heavy atom. The number of carbonyl (C=O) groups is 1. The highest BCUT2D eigenvalue weighted by Gasteiger charge is 2.23. The average Bonchev–Trinajstić information content (AvgIpc) is 3.46. The molecule has 6 heteroatoms. The number of anilines is 1. The molecule has 1 aliphatic heterocycles. The lowest BCUT2D eigenvalue weighted by Gasteiger charge is -2.10. The number of benzene rings is 2. The highest BCUT2D eigenvalue weighted by atomic mass is 32.1. The van der Waals surface area contributed by atoms with E-state index in [1.165, 1.54) is 11.3 Å². The number of carbonyl (C=O) groups excluding carboxylic acids is 1. The number of nitrogens with one attached hydrogen (secondary N) is 1. The van der Waals surface area contributed by atoms with Crippen LogP contribution in [0.4, 0.5) is 5.69 Å². The van der Waals surface area contributed by atoms with Crippen LogP contribution in [-0.2, 0) is 4.74 Å². The van der Waals surface area contributed by atoms with Gasteiger partial charge in [-0.3, -0.25) is 4.79 Å². The molecule has 156 valence electrons. The fraction of sp³-hybridized carbons (Fsp3) is 0.200. The zero-order valence-electron chi connectivity index (χ0n) is 17.0. The third-order valence-electron chi connectivity index (χ3n) is 5.57. The number of amides is 1. The largest absolute Gasteiger partial charge is 0.397 e. The Morgan fingerprint density at radius 3 is 2.48 bits per heavy atom. The van der Waals surface area contributed by atoms with Gasteiger partial charge in [0, 0.05) is 24.1 Å². The minimum atomic E-state index is -0.170. The van der Waals surface area contributed by atoms with E-state index in [4.69, 9.17) is 15.5 Å². The maximum atomic E-state index is 12.9. The number of nitrogens with two attached hydrogens (primary N) is 1. The quantitative estimate of drug-likeness (QED) is 0.462. The number of rotatable bonds is 5. The molecule has 1 unspecified atom stereocenters. The van der Waals surface area contributed by atoms with E-state index in [0.717, 1.165) is 52.0 Å². The smallest absolute Gasteiger partial charge is 0.263 e. The Morgan fingerprint density at radius 2 is 1.81 bits per heavy atom. The number of ether oxygens (including phenoxy) is 1. The molecule has 1 aliphatic rings. The van der Waals surface area contributed by atoms with Gasteiger partial charge in [0.1, 0.15) is 9.71 Å². The molecule has 5 nitrogen and oxygen atoms in total. The standard InChI is InChI=1S/C25H23N3O2S/c26-22-21-19(16-8-3-1-4-9-16)14-20(17-10-5-2-6-11-17)28-25(21)31-23(22)24(29)27-15-18-12-7-13-30-18/h1-6,8-11,14,18H,7,12-13,15,26H2,(H,27,29). The minimum absolute atomic E-state index is 0.0854. The number of pyridine rings is 1. The molecule has 3 heterocycles. The van der Waals surface area contributed by atoms with Crippen molar-refractivity contribution in [3.8, 4) is 22.4 Å². The predicted octanol–water partition coefficient (Wildman–Crippen LogP) is 5.12. The van der Waals surface area contributed by atoms with Crippen LogP contribution in [0, 0.1) is 0 Å². The predicted molar refractivity (Wildman–Crippen MR) is 126 cm³/mol. The first-order valence-electron chi connectivity index (χ1n) is 10.4. The van der Waals surface area contributed by atoms with E-state index in [2.05, 4.69) is 23.5 Å². The highest BCUT2D eigenvalue weighted by Crippen LogP contribution is 2.41. The molecule has 2 aromatic carbocycles. The lowest BCUT2D eigenvalue weighted by Crippen LogP contribution is -2.31. The number of hydrogen-bond donors (Lipinski definition) is 2. The molecule has 31 heavy (non-hydrogen) atoms. The molecule has 0 spiro atoms. The first kappa shape index (κ1) is 19.7. The third-order valence-corrected chi connectivity index (χ3v) is 6.67. The lowest BCUT2D eigenvalue weighted by molar-refractivity contribution is 0.0862. The Balaban J connectivity index is 1.60. The molecule has 1 fully saturated rings. The van der Waals surface area contributed by atoms with Crippen LogP contribution in [0.5, 0.6) is 0 Å². The van der Waals surface area contributed by atoms with Crippen molar-refractivity contribution in [1.82, 2.24) is 10.3 Å². The maximum absolute atomic E-state index is 12.9. The normalized spacial score (nSPS) is 15.9. The summed E-state index contributed by atoms with van der Waals surface area (Å²) in [5.74, 6) is -0.170. The van der Waals surface area contributed by atoms with E-state index >= 15 is 0 Å². The van der Waals surface area contributed by atoms with Crippen LogP contribution >= 0.6 is 11.3 Å². The molecule has 1 amide bonds. The van der Waals surface area contributed by atoms with Crippen molar-refractivity contribution in [3.05, 3.63) is 71.6 Å². The Labute approximate surface area is 184 Å². The molecule has 0 radical (unpaired) electrons. The van der Waals surface area contributed by atoms with Crippen LogP contribution in [0.2, 0.25) is 0 Å². The Hall–Kier alpha value is -3.22. The Bertz CT molecular complexity index is 1220. The topological polar surface area (TPSA) is 77.2 Å². The van der Waals surface area contributed by atoms with E-state index in [1.54, 1.807) is 0 Å². The van der Waals surface area contributed by atoms with Crippen LogP contribution in [0.15, 0.2) is 66.7 Å². The van der Waals surface area contributed by atoms with Crippen LogP contribution in [0.25, 0.3) is 32.6 Å². The summed E-state index contributed by atoms with van der Waals surface area (Å²) in [7, 11) is 0. The number of thiophene rings is 1. The van der Waals surface area contributed by atoms with E-state index in [-0.39, 0.29) is 12.0 Å². The summed E-state index contributed by atoms with van der Waals surface area (Å²) in [6, 6.07) is 22.2. The summed E-state index contributed by atoms with van der Waals surface area (Å²) >= 11 is 1.34. The van der Waals surface area contributed by atoms with Crippen molar-refractivity contribution in [1.29, 1.82) is 0 Å². The van der Waals surface area contributed by atoms with Gasteiger partial charge in [0.15, 0.2) is 0 Å². The van der Waals surface area contributed by atoms with Crippen molar-refractivity contribution in [2.45, 2.75) is 18.9 Å². The second-order valence-electron chi connectivity index (χ2n) is 7.66. The maximum Gasteiger partial charge on any atom is 0.263 e. The van der Waals surface area contributed by atoms with Gasteiger partial charge in [0.2, 0.25) is 0 Å². The van der Waals surface area contributed by atoms with Crippen molar-refractivity contribution in [2.75, 3.05) is 18.9 Å². The zero-order chi connectivity index (χ0) is 21.2. The molecule has 2 aromatic heterocycles. The minimum Gasteiger partial charge on any atom is -0.397 e. The summed E-state index contributed by atoms with van der Waals surface area (Å²) in [6.07, 6.45) is 2.10. The molecular formula is C25H23N3O2S. The molecule has 0 saturated carbocycles. The second kappa shape index (κ2) is 8.49.